The molecule has 1 amide bonds. The zero-order chi connectivity index (χ0) is 7.86. The molecule has 1 N–H and O–H groups in total. The van der Waals surface area contributed by atoms with Crippen LogP contribution in [0.5, 0.6) is 0 Å². The van der Waals surface area contributed by atoms with Crippen molar-refractivity contribution < 1.29 is 4.79 Å². The summed E-state index contributed by atoms with van der Waals surface area (Å²) in [6, 6.07) is 0. The Balaban J connectivity index is 0. The number of hydrogen-bond acceptors (Lipinski definition) is 2. The number of thiol groups is 1. The molecule has 0 atom stereocenters. The molecule has 0 aromatic rings. The third kappa shape index (κ3) is 18.2. The summed E-state index contributed by atoms with van der Waals surface area (Å²) in [4.78, 5) is 11.3. The van der Waals surface area contributed by atoms with Gasteiger partial charge in [-0.25, -0.2) is 0 Å². The second-order valence-corrected chi connectivity index (χ2v) is 2.06. The van der Waals surface area contributed by atoms with Crippen LogP contribution in [0.4, 0.5) is 4.79 Å². The lowest BCUT2D eigenvalue weighted by Crippen LogP contribution is -2.13. The van der Waals surface area contributed by atoms with Crippen LogP contribution in [0.2, 0.25) is 0 Å². The van der Waals surface area contributed by atoms with Gasteiger partial charge in [0, 0.05) is 14.1 Å². The second-order valence-electron chi connectivity index (χ2n) is 1.68. The standard InChI is InChI=1S/C3H7NOS.C2H7N/c1-4(2)3(5)6;1-3-2/h1-2H3,(H,5,6);3H,1-2H3. The van der Waals surface area contributed by atoms with Crippen LogP contribution < -0.4 is 5.32 Å². The van der Waals surface area contributed by atoms with E-state index in [1.54, 1.807) is 14.1 Å². The highest BCUT2D eigenvalue weighted by molar-refractivity contribution is 7.96. The summed E-state index contributed by atoms with van der Waals surface area (Å²) in [6.45, 7) is 0. The van der Waals surface area contributed by atoms with E-state index in [-0.39, 0.29) is 5.24 Å². The van der Waals surface area contributed by atoms with Crippen LogP contribution in [0.25, 0.3) is 0 Å². The summed E-state index contributed by atoms with van der Waals surface area (Å²) in [5.41, 5.74) is 0. The molecular weight excluding hydrogens is 136 g/mol. The lowest BCUT2D eigenvalue weighted by atomic mass is 11.0. The Kier molecular flexibility index (Phi) is 9.99. The third-order valence-electron chi connectivity index (χ3n) is 0.383. The molecular formula is C5H14N2OS. The zero-order valence-corrected chi connectivity index (χ0v) is 7.20. The van der Waals surface area contributed by atoms with Gasteiger partial charge >= 0.3 is 0 Å². The van der Waals surface area contributed by atoms with Gasteiger partial charge in [0.2, 0.25) is 0 Å². The number of nitrogens with one attached hydrogen (secondary N) is 1. The van der Waals surface area contributed by atoms with Gasteiger partial charge in [0.1, 0.15) is 0 Å². The Morgan fingerprint density at radius 1 is 1.44 bits per heavy atom. The second kappa shape index (κ2) is 7.78. The van der Waals surface area contributed by atoms with Crippen molar-refractivity contribution in [2.24, 2.45) is 0 Å². The van der Waals surface area contributed by atoms with Crippen LogP contribution in [0.15, 0.2) is 0 Å². The van der Waals surface area contributed by atoms with Gasteiger partial charge in [-0.2, -0.15) is 0 Å². The number of nitrogens with zero attached hydrogens (tertiary/aromatic N) is 1. The van der Waals surface area contributed by atoms with Crippen LogP contribution >= 0.6 is 12.6 Å². The van der Waals surface area contributed by atoms with Gasteiger partial charge < -0.3 is 10.2 Å². The van der Waals surface area contributed by atoms with Crippen molar-refractivity contribution in [3.8, 4) is 0 Å². The lowest BCUT2D eigenvalue weighted by molar-refractivity contribution is 0.241. The largest absolute Gasteiger partial charge is 0.340 e. The highest BCUT2D eigenvalue weighted by Gasteiger charge is 1.89. The molecule has 0 fully saturated rings. The first-order chi connectivity index (χ1) is 4.06. The molecule has 0 aliphatic heterocycles. The maximum Gasteiger partial charge on any atom is 0.278 e. The van der Waals surface area contributed by atoms with Gasteiger partial charge in [-0.15, -0.1) is 0 Å². The number of hydrogen-bond donors (Lipinski definition) is 2. The Hall–Kier alpha value is -0.220. The summed E-state index contributed by atoms with van der Waals surface area (Å²) in [5.74, 6) is 0. The smallest absolute Gasteiger partial charge is 0.278 e. The van der Waals surface area contributed by atoms with E-state index >= 15 is 0 Å². The molecule has 0 saturated carbocycles. The van der Waals surface area contributed by atoms with Gasteiger partial charge in [-0.3, -0.25) is 4.79 Å². The minimum absolute atomic E-state index is 0.213. The van der Waals surface area contributed by atoms with Crippen LogP contribution in [-0.4, -0.2) is 38.3 Å². The first-order valence-electron chi connectivity index (χ1n) is 2.55. The molecule has 0 bridgehead atoms. The minimum Gasteiger partial charge on any atom is -0.340 e. The molecule has 0 aromatic carbocycles. The molecule has 0 rings (SSSR count). The quantitative estimate of drug-likeness (QED) is 0.491. The molecule has 0 aromatic heterocycles. The predicted octanol–water partition coefficient (Wildman–Crippen LogP) is 0.433. The van der Waals surface area contributed by atoms with E-state index in [9.17, 15) is 4.79 Å². The fourth-order valence-corrected chi connectivity index (χ4v) is 0. The number of amides is 1. The highest BCUT2D eigenvalue weighted by atomic mass is 32.1. The predicted molar refractivity (Wildman–Crippen MR) is 43.1 cm³/mol. The molecule has 9 heavy (non-hydrogen) atoms. The zero-order valence-electron chi connectivity index (χ0n) is 6.30. The SMILES string of the molecule is CN(C)C(=O)S.CNC. The fraction of sp³-hybridized carbons (Fsp3) is 0.800. The number of carbonyl (C=O) groups is 1. The van der Waals surface area contributed by atoms with E-state index in [1.807, 2.05) is 14.1 Å². The molecule has 0 spiro atoms. The van der Waals surface area contributed by atoms with Crippen LogP contribution in [0.3, 0.4) is 0 Å². The molecule has 0 radical (unpaired) electrons. The summed E-state index contributed by atoms with van der Waals surface area (Å²) >= 11 is 3.48. The van der Waals surface area contributed by atoms with Crippen molar-refractivity contribution in [1.29, 1.82) is 0 Å². The monoisotopic (exact) mass is 150 g/mol. The van der Waals surface area contributed by atoms with Crippen molar-refractivity contribution in [3.63, 3.8) is 0 Å². The van der Waals surface area contributed by atoms with Gasteiger partial charge in [-0.05, 0) is 14.1 Å². The lowest BCUT2D eigenvalue weighted by Gasteiger charge is -2.01. The number of carbonyl (C=O) groups excluding carboxylic acids is 1. The molecule has 56 valence electrons. The van der Waals surface area contributed by atoms with E-state index in [4.69, 9.17) is 0 Å². The van der Waals surface area contributed by atoms with E-state index < -0.39 is 0 Å². The van der Waals surface area contributed by atoms with Crippen molar-refractivity contribution >= 4 is 17.9 Å². The molecule has 0 unspecified atom stereocenters. The minimum atomic E-state index is -0.213. The van der Waals surface area contributed by atoms with Gasteiger partial charge in [-0.1, -0.05) is 12.6 Å². The first-order valence-corrected chi connectivity index (χ1v) is 2.99. The van der Waals surface area contributed by atoms with Crippen LogP contribution in [0.1, 0.15) is 0 Å². The summed E-state index contributed by atoms with van der Waals surface area (Å²) in [7, 11) is 7.05. The maximum absolute atomic E-state index is 9.93. The van der Waals surface area contributed by atoms with Crippen molar-refractivity contribution in [3.05, 3.63) is 0 Å². The topological polar surface area (TPSA) is 32.3 Å². The Morgan fingerprint density at radius 2 is 1.56 bits per heavy atom. The first kappa shape index (κ1) is 11.6. The maximum atomic E-state index is 9.93. The average Bonchev–Trinajstić information content (AvgIpc) is 1.68. The summed E-state index contributed by atoms with van der Waals surface area (Å²) in [5, 5.41) is 2.54. The molecule has 0 saturated heterocycles. The third-order valence-corrected chi connectivity index (χ3v) is 0.783. The highest BCUT2D eigenvalue weighted by Crippen LogP contribution is 1.82. The molecule has 0 heterocycles. The molecule has 4 heteroatoms. The summed E-state index contributed by atoms with van der Waals surface area (Å²) in [6.07, 6.45) is 0. The van der Waals surface area contributed by atoms with Crippen molar-refractivity contribution in [2.75, 3.05) is 28.2 Å². The number of rotatable bonds is 0. The summed E-state index contributed by atoms with van der Waals surface area (Å²) < 4.78 is 0. The van der Waals surface area contributed by atoms with Crippen LogP contribution in [-0.2, 0) is 0 Å². The fourth-order valence-electron chi connectivity index (χ4n) is 0. The van der Waals surface area contributed by atoms with E-state index in [0.29, 0.717) is 0 Å². The van der Waals surface area contributed by atoms with Gasteiger partial charge in [0.05, 0.1) is 0 Å². The molecule has 0 aliphatic carbocycles. The van der Waals surface area contributed by atoms with Crippen molar-refractivity contribution in [1.82, 2.24) is 10.2 Å². The van der Waals surface area contributed by atoms with E-state index in [2.05, 4.69) is 17.9 Å². The molecule has 3 nitrogen and oxygen atoms in total. The van der Waals surface area contributed by atoms with Crippen LogP contribution in [0, 0.1) is 0 Å². The van der Waals surface area contributed by atoms with E-state index in [0.717, 1.165) is 0 Å². The normalized spacial score (nSPS) is 7.22. The van der Waals surface area contributed by atoms with Gasteiger partial charge in [0.25, 0.3) is 5.24 Å². The van der Waals surface area contributed by atoms with Crippen molar-refractivity contribution in [2.45, 2.75) is 0 Å². The van der Waals surface area contributed by atoms with Gasteiger partial charge in [0.15, 0.2) is 0 Å². The average molecular weight is 150 g/mol. The molecule has 0 aliphatic rings. The Labute approximate surface area is 61.8 Å². The Bertz CT molecular complexity index is 75.4. The Morgan fingerprint density at radius 3 is 1.56 bits per heavy atom. The van der Waals surface area contributed by atoms with E-state index in [1.165, 1.54) is 4.90 Å².